The number of nitrogens with two attached hydrogens (primary N) is 1. The van der Waals surface area contributed by atoms with E-state index in [0.717, 1.165) is 0 Å². The molecule has 0 saturated carbocycles. The summed E-state index contributed by atoms with van der Waals surface area (Å²) in [7, 11) is 0. The fourth-order valence-corrected chi connectivity index (χ4v) is 1.42. The lowest BCUT2D eigenvalue weighted by molar-refractivity contribution is 0.259. The molecular formula is C13H10N4O2. The maximum Gasteiger partial charge on any atom is 0.316 e. The summed E-state index contributed by atoms with van der Waals surface area (Å²) in [5.41, 5.74) is 5.86. The molecule has 1 heterocycles. The average molecular weight is 254 g/mol. The zero-order valence-corrected chi connectivity index (χ0v) is 9.83. The predicted octanol–water partition coefficient (Wildman–Crippen LogP) is 2.24. The van der Waals surface area contributed by atoms with Crippen LogP contribution in [-0.4, -0.2) is 11.0 Å². The SMILES string of the molecule is N#Cc1cc(Oc2ccc(NC(N)=O)cc2)ccn1. The molecule has 6 nitrogen and oxygen atoms in total. The van der Waals surface area contributed by atoms with Crippen molar-refractivity contribution < 1.29 is 9.53 Å². The lowest BCUT2D eigenvalue weighted by Gasteiger charge is -2.06. The molecule has 94 valence electrons. The monoisotopic (exact) mass is 254 g/mol. The number of nitriles is 1. The molecule has 2 rings (SSSR count). The molecule has 0 fully saturated rings. The molecule has 0 saturated heterocycles. The van der Waals surface area contributed by atoms with Crippen molar-refractivity contribution >= 4 is 11.7 Å². The molecule has 2 amide bonds. The lowest BCUT2D eigenvalue weighted by atomic mass is 10.3. The summed E-state index contributed by atoms with van der Waals surface area (Å²) in [6.07, 6.45) is 1.50. The Hall–Kier alpha value is -3.07. The molecule has 1 aromatic heterocycles. The number of primary amides is 1. The van der Waals surface area contributed by atoms with E-state index in [1.165, 1.54) is 12.3 Å². The first-order chi connectivity index (χ1) is 9.17. The highest BCUT2D eigenvalue weighted by Crippen LogP contribution is 2.22. The van der Waals surface area contributed by atoms with Gasteiger partial charge in [-0.05, 0) is 30.3 Å². The number of pyridine rings is 1. The van der Waals surface area contributed by atoms with Crippen LogP contribution in [0, 0.1) is 11.3 Å². The summed E-state index contributed by atoms with van der Waals surface area (Å²) >= 11 is 0. The van der Waals surface area contributed by atoms with Gasteiger partial charge < -0.3 is 15.8 Å². The molecule has 0 bridgehead atoms. The van der Waals surface area contributed by atoms with Crippen LogP contribution in [0.3, 0.4) is 0 Å². The smallest absolute Gasteiger partial charge is 0.316 e. The van der Waals surface area contributed by atoms with Gasteiger partial charge >= 0.3 is 6.03 Å². The van der Waals surface area contributed by atoms with Crippen LogP contribution >= 0.6 is 0 Å². The summed E-state index contributed by atoms with van der Waals surface area (Å²) in [6.45, 7) is 0. The minimum Gasteiger partial charge on any atom is -0.457 e. The van der Waals surface area contributed by atoms with Gasteiger partial charge in [0.1, 0.15) is 23.3 Å². The number of carbonyl (C=O) groups excluding carboxylic acids is 1. The number of anilines is 1. The van der Waals surface area contributed by atoms with E-state index in [0.29, 0.717) is 17.2 Å². The molecule has 6 heteroatoms. The summed E-state index contributed by atoms with van der Waals surface area (Å²) < 4.78 is 5.55. The third kappa shape index (κ3) is 3.44. The Morgan fingerprint density at radius 1 is 1.26 bits per heavy atom. The Morgan fingerprint density at radius 2 is 2.00 bits per heavy atom. The molecular weight excluding hydrogens is 244 g/mol. The minimum atomic E-state index is -0.624. The second kappa shape index (κ2) is 5.51. The van der Waals surface area contributed by atoms with Gasteiger partial charge in [0, 0.05) is 18.0 Å². The minimum absolute atomic E-state index is 0.282. The number of amides is 2. The number of aromatic nitrogens is 1. The first kappa shape index (κ1) is 12.4. The number of nitrogens with one attached hydrogen (secondary N) is 1. The normalized spacial score (nSPS) is 9.42. The van der Waals surface area contributed by atoms with Gasteiger partial charge in [0.15, 0.2) is 0 Å². The van der Waals surface area contributed by atoms with Gasteiger partial charge in [0.25, 0.3) is 0 Å². The average Bonchev–Trinajstić information content (AvgIpc) is 2.41. The van der Waals surface area contributed by atoms with E-state index < -0.39 is 6.03 Å². The topological polar surface area (TPSA) is 101 Å². The molecule has 2 aromatic rings. The Labute approximate surface area is 109 Å². The quantitative estimate of drug-likeness (QED) is 0.876. The van der Waals surface area contributed by atoms with Crippen LogP contribution in [0.25, 0.3) is 0 Å². The van der Waals surface area contributed by atoms with E-state index in [2.05, 4.69) is 10.3 Å². The molecule has 1 aromatic carbocycles. The number of hydrogen-bond acceptors (Lipinski definition) is 4. The fraction of sp³-hybridized carbons (Fsp3) is 0. The Kier molecular flexibility index (Phi) is 3.59. The molecule has 0 aliphatic carbocycles. The van der Waals surface area contributed by atoms with E-state index in [1.807, 2.05) is 6.07 Å². The zero-order valence-electron chi connectivity index (χ0n) is 9.83. The molecule has 3 N–H and O–H groups in total. The molecule has 0 aliphatic rings. The van der Waals surface area contributed by atoms with Crippen molar-refractivity contribution in [1.29, 1.82) is 5.26 Å². The molecule has 0 unspecified atom stereocenters. The molecule has 0 radical (unpaired) electrons. The zero-order chi connectivity index (χ0) is 13.7. The highest BCUT2D eigenvalue weighted by Gasteiger charge is 2.01. The van der Waals surface area contributed by atoms with Gasteiger partial charge in [-0.25, -0.2) is 9.78 Å². The van der Waals surface area contributed by atoms with Crippen LogP contribution < -0.4 is 15.8 Å². The van der Waals surface area contributed by atoms with Crippen LogP contribution in [-0.2, 0) is 0 Å². The third-order valence-corrected chi connectivity index (χ3v) is 2.20. The largest absolute Gasteiger partial charge is 0.457 e. The maximum atomic E-state index is 10.7. The number of ether oxygens (including phenoxy) is 1. The number of rotatable bonds is 3. The standard InChI is InChI=1S/C13H10N4O2/c14-8-10-7-12(5-6-16-10)19-11-3-1-9(2-4-11)17-13(15)18/h1-7H,(H3,15,17,18). The lowest BCUT2D eigenvalue weighted by Crippen LogP contribution is -2.19. The van der Waals surface area contributed by atoms with Crippen molar-refractivity contribution in [3.8, 4) is 17.6 Å². The summed E-state index contributed by atoms with van der Waals surface area (Å²) in [6, 6.07) is 11.2. The van der Waals surface area contributed by atoms with Crippen molar-refractivity contribution in [2.45, 2.75) is 0 Å². The Morgan fingerprint density at radius 3 is 2.63 bits per heavy atom. The van der Waals surface area contributed by atoms with Gasteiger partial charge in [-0.3, -0.25) is 0 Å². The van der Waals surface area contributed by atoms with Crippen LogP contribution in [0.5, 0.6) is 11.5 Å². The van der Waals surface area contributed by atoms with E-state index in [-0.39, 0.29) is 5.69 Å². The van der Waals surface area contributed by atoms with E-state index >= 15 is 0 Å². The summed E-state index contributed by atoms with van der Waals surface area (Å²) in [4.78, 5) is 14.5. The fourth-order valence-electron chi connectivity index (χ4n) is 1.42. The second-order valence-corrected chi connectivity index (χ2v) is 3.60. The van der Waals surface area contributed by atoms with Gasteiger partial charge in [0.05, 0.1) is 0 Å². The van der Waals surface area contributed by atoms with E-state index in [1.54, 1.807) is 30.3 Å². The predicted molar refractivity (Wildman–Crippen MR) is 68.7 cm³/mol. The molecule has 0 aliphatic heterocycles. The number of benzene rings is 1. The van der Waals surface area contributed by atoms with Crippen molar-refractivity contribution in [1.82, 2.24) is 4.98 Å². The molecule has 0 spiro atoms. The van der Waals surface area contributed by atoms with Gasteiger partial charge in [-0.2, -0.15) is 5.26 Å². The maximum absolute atomic E-state index is 10.7. The summed E-state index contributed by atoms with van der Waals surface area (Å²) in [5.74, 6) is 1.09. The highest BCUT2D eigenvalue weighted by molar-refractivity contribution is 5.87. The van der Waals surface area contributed by atoms with E-state index in [9.17, 15) is 4.79 Å². The van der Waals surface area contributed by atoms with E-state index in [4.69, 9.17) is 15.7 Å². The Balaban J connectivity index is 2.11. The van der Waals surface area contributed by atoms with Crippen molar-refractivity contribution in [3.63, 3.8) is 0 Å². The van der Waals surface area contributed by atoms with Gasteiger partial charge in [-0.15, -0.1) is 0 Å². The number of urea groups is 1. The second-order valence-electron chi connectivity index (χ2n) is 3.60. The first-order valence-electron chi connectivity index (χ1n) is 5.38. The number of carbonyl (C=O) groups is 1. The van der Waals surface area contributed by atoms with Crippen molar-refractivity contribution in [2.24, 2.45) is 5.73 Å². The number of nitrogens with zero attached hydrogens (tertiary/aromatic N) is 2. The van der Waals surface area contributed by atoms with Crippen LogP contribution in [0.4, 0.5) is 10.5 Å². The first-order valence-corrected chi connectivity index (χ1v) is 5.38. The van der Waals surface area contributed by atoms with Crippen molar-refractivity contribution in [3.05, 3.63) is 48.3 Å². The van der Waals surface area contributed by atoms with Crippen LogP contribution in [0.1, 0.15) is 5.69 Å². The van der Waals surface area contributed by atoms with Gasteiger partial charge in [-0.1, -0.05) is 0 Å². The van der Waals surface area contributed by atoms with Crippen LogP contribution in [0.15, 0.2) is 42.6 Å². The van der Waals surface area contributed by atoms with Crippen LogP contribution in [0.2, 0.25) is 0 Å². The highest BCUT2D eigenvalue weighted by atomic mass is 16.5. The van der Waals surface area contributed by atoms with Gasteiger partial charge in [0.2, 0.25) is 0 Å². The molecule has 19 heavy (non-hydrogen) atoms. The number of hydrogen-bond donors (Lipinski definition) is 2. The Bertz CT molecular complexity index is 632. The third-order valence-electron chi connectivity index (χ3n) is 2.20. The van der Waals surface area contributed by atoms with Crippen molar-refractivity contribution in [2.75, 3.05) is 5.32 Å². The molecule has 0 atom stereocenters. The summed E-state index contributed by atoms with van der Waals surface area (Å²) in [5, 5.41) is 11.2.